The highest BCUT2D eigenvalue weighted by Gasteiger charge is 2.11. The minimum absolute atomic E-state index is 0.411. The minimum Gasteiger partial charge on any atom is -0.340 e. The van der Waals surface area contributed by atoms with Crippen molar-refractivity contribution in [2.75, 3.05) is 0 Å². The maximum Gasteiger partial charge on any atom is 0.223 e. The van der Waals surface area contributed by atoms with Gasteiger partial charge in [0.1, 0.15) is 0 Å². The second-order valence-corrected chi connectivity index (χ2v) is 5.23. The Morgan fingerprint density at radius 2 is 2.11 bits per heavy atom. The first kappa shape index (κ1) is 12.7. The molecule has 8 heteroatoms. The molecular weight excluding hydrogens is 307 g/mol. The summed E-state index contributed by atoms with van der Waals surface area (Å²) in [7, 11) is 0. The van der Waals surface area contributed by atoms with Crippen molar-refractivity contribution >= 4 is 46.5 Å². The molecule has 3 aromatic rings. The summed E-state index contributed by atoms with van der Waals surface area (Å²) < 4.78 is 7.34. The van der Waals surface area contributed by atoms with Crippen LogP contribution in [0.25, 0.3) is 11.0 Å². The van der Waals surface area contributed by atoms with Crippen molar-refractivity contribution in [3.05, 3.63) is 38.7 Å². The van der Waals surface area contributed by atoms with E-state index in [1.165, 1.54) is 0 Å². The van der Waals surface area contributed by atoms with Gasteiger partial charge in [0.05, 0.1) is 27.6 Å². The summed E-state index contributed by atoms with van der Waals surface area (Å²) in [6.07, 6.45) is 0. The van der Waals surface area contributed by atoms with Gasteiger partial charge in [-0.1, -0.05) is 28.4 Å². The van der Waals surface area contributed by atoms with Crippen LogP contribution in [0.4, 0.5) is 0 Å². The zero-order chi connectivity index (χ0) is 13.6. The third kappa shape index (κ3) is 2.27. The van der Waals surface area contributed by atoms with Crippen LogP contribution >= 0.6 is 35.4 Å². The quantitative estimate of drug-likeness (QED) is 0.732. The number of hydrogen-bond donors (Lipinski definition) is 1. The molecule has 0 aliphatic heterocycles. The largest absolute Gasteiger partial charge is 0.340 e. The Kier molecular flexibility index (Phi) is 3.08. The monoisotopic (exact) mass is 314 g/mol. The van der Waals surface area contributed by atoms with E-state index in [2.05, 4.69) is 15.1 Å². The topological polar surface area (TPSA) is 59.6 Å². The maximum absolute atomic E-state index is 6.03. The van der Waals surface area contributed by atoms with Crippen LogP contribution < -0.4 is 0 Å². The summed E-state index contributed by atoms with van der Waals surface area (Å²) in [4.78, 5) is 7.23. The molecule has 0 unspecified atom stereocenters. The van der Waals surface area contributed by atoms with Gasteiger partial charge in [-0.05, 0) is 24.4 Å². The lowest BCUT2D eigenvalue weighted by Crippen LogP contribution is -2.01. The number of halogens is 2. The normalized spacial score (nSPS) is 11.3. The fourth-order valence-corrected chi connectivity index (χ4v) is 2.45. The molecule has 3 rings (SSSR count). The number of fused-ring (bicyclic) bond motifs is 1. The number of rotatable bonds is 2. The van der Waals surface area contributed by atoms with Crippen LogP contribution in [0.5, 0.6) is 0 Å². The average molecular weight is 315 g/mol. The number of benzene rings is 1. The molecule has 2 heterocycles. The molecule has 0 aliphatic rings. The fourth-order valence-electron chi connectivity index (χ4n) is 1.86. The zero-order valence-corrected chi connectivity index (χ0v) is 12.1. The first-order chi connectivity index (χ1) is 9.04. The van der Waals surface area contributed by atoms with Gasteiger partial charge in [-0.3, -0.25) is 0 Å². The van der Waals surface area contributed by atoms with Gasteiger partial charge < -0.3 is 14.1 Å². The highest BCUT2D eigenvalue weighted by atomic mass is 35.5. The second-order valence-electron chi connectivity index (χ2n) is 4.03. The minimum atomic E-state index is 0.411. The van der Waals surface area contributed by atoms with E-state index in [0.29, 0.717) is 33.1 Å². The van der Waals surface area contributed by atoms with Crippen LogP contribution in [-0.2, 0) is 6.54 Å². The standard InChI is InChI=1S/C11H8Cl2N4OS/c1-5-14-10(16-18-5)4-17-9-3-7(13)6(12)2-8(9)15-11(17)19/h2-3H,4H2,1H3,(H,15,19). The Hall–Kier alpha value is -1.37. The first-order valence-corrected chi connectivity index (χ1v) is 6.58. The molecule has 5 nitrogen and oxygen atoms in total. The van der Waals surface area contributed by atoms with E-state index < -0.39 is 0 Å². The van der Waals surface area contributed by atoms with Gasteiger partial charge in [0.2, 0.25) is 5.89 Å². The van der Waals surface area contributed by atoms with E-state index in [1.54, 1.807) is 19.1 Å². The van der Waals surface area contributed by atoms with Crippen LogP contribution in [0, 0.1) is 11.7 Å². The van der Waals surface area contributed by atoms with Gasteiger partial charge >= 0.3 is 0 Å². The van der Waals surface area contributed by atoms with E-state index in [9.17, 15) is 0 Å². The Labute approximate surface area is 123 Å². The number of H-pyrrole nitrogens is 1. The van der Waals surface area contributed by atoms with Crippen molar-refractivity contribution in [3.8, 4) is 0 Å². The Morgan fingerprint density at radius 3 is 2.79 bits per heavy atom. The van der Waals surface area contributed by atoms with Gasteiger partial charge in [0.25, 0.3) is 0 Å². The molecule has 0 spiro atoms. The molecule has 0 saturated heterocycles. The van der Waals surface area contributed by atoms with E-state index in [1.807, 2.05) is 4.57 Å². The number of nitrogens with zero attached hydrogens (tertiary/aromatic N) is 3. The smallest absolute Gasteiger partial charge is 0.223 e. The number of aromatic amines is 1. The molecule has 0 amide bonds. The van der Waals surface area contributed by atoms with Crippen molar-refractivity contribution < 1.29 is 4.52 Å². The van der Waals surface area contributed by atoms with E-state index >= 15 is 0 Å². The van der Waals surface area contributed by atoms with Gasteiger partial charge in [-0.15, -0.1) is 0 Å². The summed E-state index contributed by atoms with van der Waals surface area (Å²) >= 11 is 17.3. The molecule has 0 aliphatic carbocycles. The lowest BCUT2D eigenvalue weighted by atomic mass is 10.3. The maximum atomic E-state index is 6.03. The zero-order valence-electron chi connectivity index (χ0n) is 9.78. The summed E-state index contributed by atoms with van der Waals surface area (Å²) in [6, 6.07) is 3.51. The number of hydrogen-bond acceptors (Lipinski definition) is 4. The Morgan fingerprint density at radius 1 is 1.37 bits per heavy atom. The first-order valence-electron chi connectivity index (χ1n) is 5.41. The third-order valence-corrected chi connectivity index (χ3v) is 3.73. The summed E-state index contributed by atoms with van der Waals surface area (Å²) in [5.41, 5.74) is 1.67. The number of imidazole rings is 1. The Balaban J connectivity index is 2.15. The van der Waals surface area contributed by atoms with Crippen LogP contribution in [0.2, 0.25) is 10.0 Å². The molecule has 0 radical (unpaired) electrons. The second kappa shape index (κ2) is 4.63. The lowest BCUT2D eigenvalue weighted by molar-refractivity contribution is 0.386. The van der Waals surface area contributed by atoms with Crippen LogP contribution in [0.3, 0.4) is 0 Å². The molecule has 0 atom stereocenters. The summed E-state index contributed by atoms with van der Waals surface area (Å²) in [6.45, 7) is 2.15. The SMILES string of the molecule is Cc1nc(Cn2c(=S)[nH]c3cc(Cl)c(Cl)cc32)no1. The van der Waals surface area contributed by atoms with E-state index in [-0.39, 0.29) is 0 Å². The Bertz CT molecular complexity index is 820. The van der Waals surface area contributed by atoms with E-state index in [4.69, 9.17) is 39.9 Å². The molecule has 98 valence electrons. The van der Waals surface area contributed by atoms with Crippen molar-refractivity contribution in [1.29, 1.82) is 0 Å². The number of nitrogens with one attached hydrogen (secondary N) is 1. The van der Waals surface area contributed by atoms with Gasteiger partial charge in [-0.25, -0.2) is 0 Å². The summed E-state index contributed by atoms with van der Waals surface area (Å²) in [5, 5.41) is 4.81. The van der Waals surface area contributed by atoms with Crippen LogP contribution in [-0.4, -0.2) is 19.7 Å². The number of aryl methyl sites for hydroxylation is 1. The molecule has 1 N–H and O–H groups in total. The van der Waals surface area contributed by atoms with Gasteiger partial charge in [-0.2, -0.15) is 4.98 Å². The molecule has 0 fully saturated rings. The predicted molar refractivity (Wildman–Crippen MR) is 75.3 cm³/mol. The highest BCUT2D eigenvalue weighted by molar-refractivity contribution is 7.71. The molecule has 19 heavy (non-hydrogen) atoms. The lowest BCUT2D eigenvalue weighted by Gasteiger charge is -2.01. The molecule has 1 aromatic carbocycles. The molecule has 2 aromatic heterocycles. The van der Waals surface area contributed by atoms with Crippen LogP contribution in [0.15, 0.2) is 16.7 Å². The van der Waals surface area contributed by atoms with Crippen LogP contribution in [0.1, 0.15) is 11.7 Å². The third-order valence-electron chi connectivity index (χ3n) is 2.69. The summed E-state index contributed by atoms with van der Waals surface area (Å²) in [5.74, 6) is 1.07. The van der Waals surface area contributed by atoms with Crippen molar-refractivity contribution in [2.24, 2.45) is 0 Å². The van der Waals surface area contributed by atoms with Crippen molar-refractivity contribution in [2.45, 2.75) is 13.5 Å². The molecule has 0 saturated carbocycles. The molecular formula is C11H8Cl2N4OS. The van der Waals surface area contributed by atoms with Crippen molar-refractivity contribution in [1.82, 2.24) is 19.7 Å². The predicted octanol–water partition coefficient (Wildman–Crippen LogP) is 3.75. The van der Waals surface area contributed by atoms with Gasteiger partial charge in [0.15, 0.2) is 10.6 Å². The average Bonchev–Trinajstić information content (AvgIpc) is 2.87. The molecule has 0 bridgehead atoms. The number of aromatic nitrogens is 4. The van der Waals surface area contributed by atoms with Gasteiger partial charge in [0, 0.05) is 6.92 Å². The van der Waals surface area contributed by atoms with E-state index in [0.717, 1.165) is 11.0 Å². The van der Waals surface area contributed by atoms with Crippen molar-refractivity contribution in [3.63, 3.8) is 0 Å². The fraction of sp³-hybridized carbons (Fsp3) is 0.182. The highest BCUT2D eigenvalue weighted by Crippen LogP contribution is 2.27.